The molecule has 2 N–H and O–H groups in total. The zero-order valence-corrected chi connectivity index (χ0v) is 10.2. The largest absolute Gasteiger partial charge is 0.386 e. The summed E-state index contributed by atoms with van der Waals surface area (Å²) in [7, 11) is 1.82. The van der Waals surface area contributed by atoms with Crippen LogP contribution in [-0.2, 0) is 0 Å². The minimum Gasteiger partial charge on any atom is -0.386 e. The van der Waals surface area contributed by atoms with Crippen LogP contribution in [0.3, 0.4) is 0 Å². The van der Waals surface area contributed by atoms with Crippen molar-refractivity contribution in [1.29, 1.82) is 0 Å². The smallest absolute Gasteiger partial charge is 0.225 e. The summed E-state index contributed by atoms with van der Waals surface area (Å²) < 4.78 is 0. The molecule has 0 atom stereocenters. The van der Waals surface area contributed by atoms with Crippen LogP contribution in [0.5, 0.6) is 0 Å². The summed E-state index contributed by atoms with van der Waals surface area (Å²) >= 11 is 5.91. The maximum absolute atomic E-state index is 5.91. The van der Waals surface area contributed by atoms with Crippen molar-refractivity contribution in [3.63, 3.8) is 0 Å². The van der Waals surface area contributed by atoms with Crippen molar-refractivity contribution in [1.82, 2.24) is 24.9 Å². The summed E-state index contributed by atoms with van der Waals surface area (Å²) in [4.78, 5) is 19.7. The zero-order chi connectivity index (χ0) is 12.5. The van der Waals surface area contributed by atoms with Crippen molar-refractivity contribution >= 4 is 28.5 Å². The van der Waals surface area contributed by atoms with Crippen LogP contribution < -0.4 is 5.32 Å². The molecule has 3 aromatic rings. The Kier molecular flexibility index (Phi) is 2.56. The van der Waals surface area contributed by atoms with Crippen molar-refractivity contribution in [3.8, 4) is 11.4 Å². The lowest BCUT2D eigenvalue weighted by Crippen LogP contribution is -1.98. The van der Waals surface area contributed by atoms with Gasteiger partial charge in [-0.25, -0.2) is 9.97 Å². The number of halogens is 1. The van der Waals surface area contributed by atoms with Gasteiger partial charge < -0.3 is 10.3 Å². The molecular formula is C11H9ClN6. The normalized spacial score (nSPS) is 10.8. The van der Waals surface area contributed by atoms with Crippen molar-refractivity contribution in [3.05, 3.63) is 29.9 Å². The van der Waals surface area contributed by atoms with E-state index in [9.17, 15) is 0 Å². The van der Waals surface area contributed by atoms with Crippen molar-refractivity contribution < 1.29 is 0 Å². The van der Waals surface area contributed by atoms with Crippen LogP contribution >= 0.6 is 11.6 Å². The molecule has 0 aromatic carbocycles. The van der Waals surface area contributed by atoms with E-state index in [1.165, 1.54) is 0 Å². The predicted octanol–water partition coefficient (Wildman–Crippen LogP) is 2.11. The maximum Gasteiger partial charge on any atom is 0.225 e. The topological polar surface area (TPSA) is 79.4 Å². The van der Waals surface area contributed by atoms with Gasteiger partial charge >= 0.3 is 0 Å². The highest BCUT2D eigenvalue weighted by molar-refractivity contribution is 6.28. The van der Waals surface area contributed by atoms with Gasteiger partial charge in [0.25, 0.3) is 0 Å². The van der Waals surface area contributed by atoms with Gasteiger partial charge in [-0.1, -0.05) is 0 Å². The Morgan fingerprint density at radius 2 is 2.11 bits per heavy atom. The molecule has 0 saturated carbocycles. The number of nitrogens with zero attached hydrogens (tertiary/aromatic N) is 4. The molecule has 0 fully saturated rings. The average molecular weight is 261 g/mol. The Morgan fingerprint density at radius 3 is 2.94 bits per heavy atom. The standard InChI is InChI=1S/C11H9ClN6/c1-13-6-3-2-4-14-7(6)8-9-10(16-5-15-9)18-11(12)17-8/h2-5,13H,1H3,(H,15,16,17,18). The van der Waals surface area contributed by atoms with Gasteiger partial charge in [0.1, 0.15) is 16.9 Å². The van der Waals surface area contributed by atoms with E-state index in [1.54, 1.807) is 12.5 Å². The van der Waals surface area contributed by atoms with Gasteiger partial charge in [0.05, 0.1) is 12.0 Å². The van der Waals surface area contributed by atoms with E-state index in [0.717, 1.165) is 5.69 Å². The minimum atomic E-state index is 0.162. The second kappa shape index (κ2) is 4.23. The third kappa shape index (κ3) is 1.67. The number of imidazole rings is 1. The molecular weight excluding hydrogens is 252 g/mol. The maximum atomic E-state index is 5.91. The highest BCUT2D eigenvalue weighted by Gasteiger charge is 2.14. The van der Waals surface area contributed by atoms with Crippen LogP contribution in [0.2, 0.25) is 5.28 Å². The first-order chi connectivity index (χ1) is 8.79. The molecule has 6 nitrogen and oxygen atoms in total. The number of pyridine rings is 1. The molecule has 0 spiro atoms. The number of aromatic amines is 1. The molecule has 3 rings (SSSR count). The lowest BCUT2D eigenvalue weighted by molar-refractivity contribution is 1.18. The van der Waals surface area contributed by atoms with E-state index in [0.29, 0.717) is 22.6 Å². The average Bonchev–Trinajstić information content (AvgIpc) is 2.85. The number of nitrogens with one attached hydrogen (secondary N) is 2. The number of aromatic nitrogens is 5. The number of hydrogen-bond acceptors (Lipinski definition) is 5. The first-order valence-corrected chi connectivity index (χ1v) is 5.67. The number of H-pyrrole nitrogens is 1. The summed E-state index contributed by atoms with van der Waals surface area (Å²) in [6.07, 6.45) is 3.26. The van der Waals surface area contributed by atoms with E-state index in [-0.39, 0.29) is 5.28 Å². The molecule has 0 aliphatic carbocycles. The third-order valence-corrected chi connectivity index (χ3v) is 2.72. The molecule has 90 valence electrons. The lowest BCUT2D eigenvalue weighted by Gasteiger charge is -2.07. The van der Waals surface area contributed by atoms with Gasteiger partial charge in [0.2, 0.25) is 5.28 Å². The Labute approximate surface area is 107 Å². The van der Waals surface area contributed by atoms with Crippen LogP contribution in [0, 0.1) is 0 Å². The Hall–Kier alpha value is -2.21. The van der Waals surface area contributed by atoms with E-state index in [2.05, 4.69) is 30.2 Å². The fraction of sp³-hybridized carbons (Fsp3) is 0.0909. The van der Waals surface area contributed by atoms with E-state index < -0.39 is 0 Å². The van der Waals surface area contributed by atoms with Crippen molar-refractivity contribution in [2.24, 2.45) is 0 Å². The number of fused-ring (bicyclic) bond motifs is 1. The Bertz CT molecular complexity index is 708. The van der Waals surface area contributed by atoms with E-state index >= 15 is 0 Å². The zero-order valence-electron chi connectivity index (χ0n) is 9.48. The summed E-state index contributed by atoms with van der Waals surface area (Å²) in [6, 6.07) is 3.76. The highest BCUT2D eigenvalue weighted by atomic mass is 35.5. The monoisotopic (exact) mass is 260 g/mol. The van der Waals surface area contributed by atoms with Crippen LogP contribution in [0.15, 0.2) is 24.7 Å². The second-order valence-electron chi connectivity index (χ2n) is 3.59. The quantitative estimate of drug-likeness (QED) is 0.690. The van der Waals surface area contributed by atoms with Gasteiger partial charge in [-0.15, -0.1) is 0 Å². The minimum absolute atomic E-state index is 0.162. The Morgan fingerprint density at radius 1 is 1.22 bits per heavy atom. The number of anilines is 1. The van der Waals surface area contributed by atoms with Gasteiger partial charge in [-0.05, 0) is 23.7 Å². The molecule has 7 heteroatoms. The molecule has 0 radical (unpaired) electrons. The summed E-state index contributed by atoms with van der Waals surface area (Å²) in [5.74, 6) is 0. The molecule has 0 amide bonds. The van der Waals surface area contributed by atoms with Gasteiger partial charge in [0.15, 0.2) is 5.65 Å². The molecule has 0 aliphatic rings. The first kappa shape index (κ1) is 10.9. The van der Waals surface area contributed by atoms with Gasteiger partial charge in [-0.2, -0.15) is 4.98 Å². The molecule has 0 saturated heterocycles. The van der Waals surface area contributed by atoms with Gasteiger partial charge in [0, 0.05) is 13.2 Å². The summed E-state index contributed by atoms with van der Waals surface area (Å²) in [5, 5.41) is 3.23. The summed E-state index contributed by atoms with van der Waals surface area (Å²) in [5.41, 5.74) is 3.40. The molecule has 18 heavy (non-hydrogen) atoms. The Balaban J connectivity index is 2.34. The van der Waals surface area contributed by atoms with Gasteiger partial charge in [-0.3, -0.25) is 4.98 Å². The number of hydrogen-bond donors (Lipinski definition) is 2. The van der Waals surface area contributed by atoms with Crippen LogP contribution in [0.1, 0.15) is 0 Å². The van der Waals surface area contributed by atoms with Crippen LogP contribution in [-0.4, -0.2) is 32.0 Å². The second-order valence-corrected chi connectivity index (χ2v) is 3.93. The molecule has 0 bridgehead atoms. The lowest BCUT2D eigenvalue weighted by atomic mass is 10.2. The van der Waals surface area contributed by atoms with Crippen LogP contribution in [0.4, 0.5) is 5.69 Å². The van der Waals surface area contributed by atoms with E-state index in [1.807, 2.05) is 19.2 Å². The first-order valence-electron chi connectivity index (χ1n) is 5.29. The number of rotatable bonds is 2. The summed E-state index contributed by atoms with van der Waals surface area (Å²) in [6.45, 7) is 0. The fourth-order valence-corrected chi connectivity index (χ4v) is 1.94. The fourth-order valence-electron chi connectivity index (χ4n) is 1.77. The highest BCUT2D eigenvalue weighted by Crippen LogP contribution is 2.28. The SMILES string of the molecule is CNc1cccnc1-c1nc(Cl)nc2[nH]cnc12. The molecule has 0 unspecified atom stereocenters. The van der Waals surface area contributed by atoms with E-state index in [4.69, 9.17) is 11.6 Å². The molecule has 3 aromatic heterocycles. The van der Waals surface area contributed by atoms with Crippen molar-refractivity contribution in [2.45, 2.75) is 0 Å². The third-order valence-electron chi connectivity index (χ3n) is 2.55. The van der Waals surface area contributed by atoms with Crippen molar-refractivity contribution in [2.75, 3.05) is 12.4 Å². The molecule has 0 aliphatic heterocycles. The van der Waals surface area contributed by atoms with Crippen LogP contribution in [0.25, 0.3) is 22.6 Å². The predicted molar refractivity (Wildman–Crippen MR) is 69.5 cm³/mol. The molecule has 3 heterocycles.